The second-order valence-electron chi connectivity index (χ2n) is 3.72. The van der Waals surface area contributed by atoms with Gasteiger partial charge in [-0.05, 0) is 17.7 Å². The van der Waals surface area contributed by atoms with Crippen molar-refractivity contribution in [2.45, 2.75) is 5.92 Å². The van der Waals surface area contributed by atoms with Crippen molar-refractivity contribution < 1.29 is 19.1 Å². The van der Waals surface area contributed by atoms with Crippen molar-refractivity contribution in [1.82, 2.24) is 5.32 Å². The van der Waals surface area contributed by atoms with Crippen LogP contribution < -0.4 is 5.32 Å². The standard InChI is InChI=1S/C11H10FNO3/c12-7-3-1-2-6(4-7)8-5-13-10(14)9(8)11(15)16/h1-4,8-9H,5H2,(H,13,14)(H,15,16). The van der Waals surface area contributed by atoms with E-state index in [1.165, 1.54) is 18.2 Å². The van der Waals surface area contributed by atoms with Crippen LogP contribution in [0, 0.1) is 11.7 Å². The molecule has 4 nitrogen and oxygen atoms in total. The van der Waals surface area contributed by atoms with E-state index in [1.807, 2.05) is 0 Å². The van der Waals surface area contributed by atoms with Crippen LogP contribution in [0.15, 0.2) is 24.3 Å². The Balaban J connectivity index is 2.34. The highest BCUT2D eigenvalue weighted by molar-refractivity contribution is 5.99. The summed E-state index contributed by atoms with van der Waals surface area (Å²) in [6.07, 6.45) is 0. The fourth-order valence-corrected chi connectivity index (χ4v) is 1.95. The summed E-state index contributed by atoms with van der Waals surface area (Å²) in [5.74, 6) is -3.74. The van der Waals surface area contributed by atoms with Crippen LogP contribution in [-0.4, -0.2) is 23.5 Å². The average molecular weight is 223 g/mol. The molecule has 2 atom stereocenters. The Kier molecular flexibility index (Phi) is 2.60. The molecule has 1 amide bonds. The van der Waals surface area contributed by atoms with E-state index in [9.17, 15) is 14.0 Å². The fraction of sp³-hybridized carbons (Fsp3) is 0.273. The first-order valence-electron chi connectivity index (χ1n) is 4.85. The Morgan fingerprint density at radius 1 is 1.50 bits per heavy atom. The van der Waals surface area contributed by atoms with E-state index >= 15 is 0 Å². The molecule has 1 heterocycles. The number of carboxylic acids is 1. The van der Waals surface area contributed by atoms with Gasteiger partial charge >= 0.3 is 5.97 Å². The first-order chi connectivity index (χ1) is 7.59. The number of rotatable bonds is 2. The molecule has 84 valence electrons. The zero-order valence-electron chi connectivity index (χ0n) is 8.31. The minimum Gasteiger partial charge on any atom is -0.481 e. The molecule has 1 aliphatic rings. The van der Waals surface area contributed by atoms with Crippen molar-refractivity contribution in [2.75, 3.05) is 6.54 Å². The van der Waals surface area contributed by atoms with Gasteiger partial charge in [0, 0.05) is 12.5 Å². The lowest BCUT2D eigenvalue weighted by molar-refractivity contribution is -0.145. The van der Waals surface area contributed by atoms with E-state index in [4.69, 9.17) is 5.11 Å². The molecule has 2 rings (SSSR count). The van der Waals surface area contributed by atoms with Gasteiger partial charge in [-0.1, -0.05) is 12.1 Å². The Hall–Kier alpha value is -1.91. The smallest absolute Gasteiger partial charge is 0.316 e. The summed E-state index contributed by atoms with van der Waals surface area (Å²) in [5, 5.41) is 11.4. The molecular formula is C11H10FNO3. The van der Waals surface area contributed by atoms with Gasteiger partial charge in [0.05, 0.1) is 0 Å². The number of carboxylic acid groups (broad SMARTS) is 1. The van der Waals surface area contributed by atoms with Crippen molar-refractivity contribution in [1.29, 1.82) is 0 Å². The molecule has 1 aromatic rings. The van der Waals surface area contributed by atoms with Crippen molar-refractivity contribution in [3.05, 3.63) is 35.6 Å². The summed E-state index contributed by atoms with van der Waals surface area (Å²) in [5.41, 5.74) is 0.533. The third kappa shape index (κ3) is 1.76. The number of hydrogen-bond acceptors (Lipinski definition) is 2. The highest BCUT2D eigenvalue weighted by Crippen LogP contribution is 2.29. The molecule has 0 radical (unpaired) electrons. The molecule has 0 spiro atoms. The van der Waals surface area contributed by atoms with Gasteiger partial charge < -0.3 is 10.4 Å². The SMILES string of the molecule is O=C(O)C1C(=O)NCC1c1cccc(F)c1. The van der Waals surface area contributed by atoms with Crippen LogP contribution in [-0.2, 0) is 9.59 Å². The summed E-state index contributed by atoms with van der Waals surface area (Å²) < 4.78 is 13.0. The Morgan fingerprint density at radius 3 is 2.88 bits per heavy atom. The maximum atomic E-state index is 13.0. The Morgan fingerprint density at radius 2 is 2.25 bits per heavy atom. The number of nitrogens with one attached hydrogen (secondary N) is 1. The highest BCUT2D eigenvalue weighted by Gasteiger charge is 2.41. The lowest BCUT2D eigenvalue weighted by Gasteiger charge is -2.12. The number of benzene rings is 1. The van der Waals surface area contributed by atoms with Crippen LogP contribution in [0.2, 0.25) is 0 Å². The van der Waals surface area contributed by atoms with E-state index in [1.54, 1.807) is 6.07 Å². The van der Waals surface area contributed by atoms with Gasteiger partial charge in [0.25, 0.3) is 0 Å². The van der Waals surface area contributed by atoms with Crippen LogP contribution in [0.5, 0.6) is 0 Å². The van der Waals surface area contributed by atoms with E-state index in [0.717, 1.165) is 0 Å². The van der Waals surface area contributed by atoms with E-state index in [0.29, 0.717) is 5.56 Å². The molecule has 0 aliphatic carbocycles. The van der Waals surface area contributed by atoms with Crippen LogP contribution in [0.4, 0.5) is 4.39 Å². The van der Waals surface area contributed by atoms with Crippen molar-refractivity contribution >= 4 is 11.9 Å². The second-order valence-corrected chi connectivity index (χ2v) is 3.72. The number of aliphatic carboxylic acids is 1. The molecule has 0 aromatic heterocycles. The Bertz CT molecular complexity index is 447. The summed E-state index contributed by atoms with van der Waals surface area (Å²) in [6.45, 7) is 0.235. The number of carbonyl (C=O) groups is 2. The zero-order valence-corrected chi connectivity index (χ0v) is 8.31. The topological polar surface area (TPSA) is 66.4 Å². The molecular weight excluding hydrogens is 213 g/mol. The monoisotopic (exact) mass is 223 g/mol. The molecule has 0 bridgehead atoms. The Labute approximate surface area is 91.1 Å². The van der Waals surface area contributed by atoms with Gasteiger partial charge in [-0.3, -0.25) is 9.59 Å². The van der Waals surface area contributed by atoms with Crippen molar-refractivity contribution in [3.63, 3.8) is 0 Å². The lowest BCUT2D eigenvalue weighted by Crippen LogP contribution is -2.26. The van der Waals surface area contributed by atoms with Gasteiger partial charge in [-0.15, -0.1) is 0 Å². The highest BCUT2D eigenvalue weighted by atomic mass is 19.1. The predicted molar refractivity (Wildman–Crippen MR) is 53.3 cm³/mol. The zero-order chi connectivity index (χ0) is 11.7. The molecule has 1 aliphatic heterocycles. The van der Waals surface area contributed by atoms with Crippen molar-refractivity contribution in [3.8, 4) is 0 Å². The molecule has 1 saturated heterocycles. The van der Waals surface area contributed by atoms with Crippen LogP contribution in [0.25, 0.3) is 0 Å². The van der Waals surface area contributed by atoms with Crippen LogP contribution in [0.3, 0.4) is 0 Å². The maximum Gasteiger partial charge on any atom is 0.316 e. The molecule has 0 saturated carbocycles. The largest absolute Gasteiger partial charge is 0.481 e. The molecule has 2 N–H and O–H groups in total. The molecule has 1 aromatic carbocycles. The first kappa shape index (κ1) is 10.6. The molecule has 1 fully saturated rings. The fourth-order valence-electron chi connectivity index (χ4n) is 1.95. The molecule has 5 heteroatoms. The number of carbonyl (C=O) groups excluding carboxylic acids is 1. The van der Waals surface area contributed by atoms with Gasteiger partial charge in [-0.25, -0.2) is 4.39 Å². The number of halogens is 1. The van der Waals surface area contributed by atoms with Crippen molar-refractivity contribution in [2.24, 2.45) is 5.92 Å². The van der Waals surface area contributed by atoms with Crippen LogP contribution in [0.1, 0.15) is 11.5 Å². The average Bonchev–Trinajstić information content (AvgIpc) is 2.60. The van der Waals surface area contributed by atoms with Crippen LogP contribution >= 0.6 is 0 Å². The normalized spacial score (nSPS) is 24.2. The van der Waals surface area contributed by atoms with E-state index in [2.05, 4.69) is 5.32 Å². The number of amides is 1. The summed E-state index contributed by atoms with van der Waals surface area (Å²) in [4.78, 5) is 22.2. The molecule has 2 unspecified atom stereocenters. The summed E-state index contributed by atoms with van der Waals surface area (Å²) in [7, 11) is 0. The van der Waals surface area contributed by atoms with Gasteiger partial charge in [0.1, 0.15) is 11.7 Å². The minimum absolute atomic E-state index is 0.235. The van der Waals surface area contributed by atoms with E-state index < -0.39 is 29.5 Å². The minimum atomic E-state index is -1.18. The third-order valence-electron chi connectivity index (χ3n) is 2.72. The third-order valence-corrected chi connectivity index (χ3v) is 2.72. The second kappa shape index (κ2) is 3.92. The van der Waals surface area contributed by atoms with Gasteiger partial charge in [0.2, 0.25) is 5.91 Å². The predicted octanol–water partition coefficient (Wildman–Crippen LogP) is 0.740. The van der Waals surface area contributed by atoms with E-state index in [-0.39, 0.29) is 6.54 Å². The lowest BCUT2D eigenvalue weighted by atomic mass is 9.88. The first-order valence-corrected chi connectivity index (χ1v) is 4.85. The van der Waals surface area contributed by atoms with Gasteiger partial charge in [0.15, 0.2) is 0 Å². The van der Waals surface area contributed by atoms with Gasteiger partial charge in [-0.2, -0.15) is 0 Å². The number of hydrogen-bond donors (Lipinski definition) is 2. The summed E-state index contributed by atoms with van der Waals surface area (Å²) in [6, 6.07) is 5.68. The maximum absolute atomic E-state index is 13.0. The molecule has 16 heavy (non-hydrogen) atoms. The quantitative estimate of drug-likeness (QED) is 0.727. The summed E-state index contributed by atoms with van der Waals surface area (Å²) >= 11 is 0.